The minimum absolute atomic E-state index is 0.130. The Morgan fingerprint density at radius 1 is 1.35 bits per heavy atom. The topological polar surface area (TPSA) is 47.3 Å². The lowest BCUT2D eigenvalue weighted by molar-refractivity contribution is 0.414. The van der Waals surface area contributed by atoms with Gasteiger partial charge in [-0.25, -0.2) is 0 Å². The summed E-state index contributed by atoms with van der Waals surface area (Å²) in [7, 11) is 1.69. The summed E-state index contributed by atoms with van der Waals surface area (Å²) in [6.45, 7) is 9.23. The Bertz CT molecular complexity index is 369. The van der Waals surface area contributed by atoms with Crippen LogP contribution in [0.15, 0.2) is 18.2 Å². The van der Waals surface area contributed by atoms with E-state index in [0.29, 0.717) is 6.54 Å². The van der Waals surface area contributed by atoms with Crippen LogP contribution in [-0.2, 0) is 5.41 Å². The van der Waals surface area contributed by atoms with Crippen molar-refractivity contribution in [1.29, 1.82) is 0 Å². The molecule has 0 bridgehead atoms. The molecule has 3 nitrogen and oxygen atoms in total. The number of rotatable bonds is 4. The van der Waals surface area contributed by atoms with Crippen LogP contribution in [0.25, 0.3) is 0 Å². The van der Waals surface area contributed by atoms with E-state index in [9.17, 15) is 0 Å². The quantitative estimate of drug-likeness (QED) is 0.845. The molecule has 0 fully saturated rings. The molecule has 3 heteroatoms. The third kappa shape index (κ3) is 3.63. The second kappa shape index (κ2) is 5.41. The summed E-state index contributed by atoms with van der Waals surface area (Å²) >= 11 is 0. The van der Waals surface area contributed by atoms with E-state index in [1.54, 1.807) is 7.11 Å². The SMILES string of the molecule is COc1cc(C(C)(C)C)ccc1N[C@@H](C)CN. The molecule has 1 atom stereocenters. The van der Waals surface area contributed by atoms with Gasteiger partial charge in [-0.1, -0.05) is 26.8 Å². The van der Waals surface area contributed by atoms with Crippen molar-refractivity contribution in [1.82, 2.24) is 0 Å². The normalized spacial score (nSPS) is 13.3. The summed E-state index contributed by atoms with van der Waals surface area (Å²) in [5, 5.41) is 3.34. The van der Waals surface area contributed by atoms with Gasteiger partial charge >= 0.3 is 0 Å². The zero-order valence-corrected chi connectivity index (χ0v) is 11.5. The number of benzene rings is 1. The van der Waals surface area contributed by atoms with Crippen LogP contribution >= 0.6 is 0 Å². The summed E-state index contributed by atoms with van der Waals surface area (Å²) < 4.78 is 5.42. The Labute approximate surface area is 104 Å². The fourth-order valence-electron chi connectivity index (χ4n) is 1.60. The van der Waals surface area contributed by atoms with E-state index in [2.05, 4.69) is 51.2 Å². The van der Waals surface area contributed by atoms with Crippen molar-refractivity contribution in [2.75, 3.05) is 19.0 Å². The molecule has 1 aromatic carbocycles. The third-order valence-electron chi connectivity index (χ3n) is 2.82. The van der Waals surface area contributed by atoms with Gasteiger partial charge in [-0.15, -0.1) is 0 Å². The molecule has 0 amide bonds. The summed E-state index contributed by atoms with van der Waals surface area (Å²) in [6.07, 6.45) is 0. The fraction of sp³-hybridized carbons (Fsp3) is 0.571. The van der Waals surface area contributed by atoms with E-state index in [4.69, 9.17) is 10.5 Å². The van der Waals surface area contributed by atoms with Crippen molar-refractivity contribution >= 4 is 5.69 Å². The highest BCUT2D eigenvalue weighted by atomic mass is 16.5. The molecule has 0 aliphatic heterocycles. The lowest BCUT2D eigenvalue weighted by Crippen LogP contribution is -2.25. The predicted molar refractivity (Wildman–Crippen MR) is 73.8 cm³/mol. The van der Waals surface area contributed by atoms with Crippen LogP contribution in [0.4, 0.5) is 5.69 Å². The van der Waals surface area contributed by atoms with Gasteiger partial charge in [-0.3, -0.25) is 0 Å². The predicted octanol–water partition coefficient (Wildman–Crippen LogP) is 2.75. The van der Waals surface area contributed by atoms with Crippen LogP contribution in [-0.4, -0.2) is 19.7 Å². The van der Waals surface area contributed by atoms with Gasteiger partial charge in [0.05, 0.1) is 12.8 Å². The van der Waals surface area contributed by atoms with Crippen molar-refractivity contribution in [2.45, 2.75) is 39.2 Å². The molecule has 0 spiro atoms. The Balaban J connectivity index is 3.01. The van der Waals surface area contributed by atoms with Gasteiger partial charge in [0.2, 0.25) is 0 Å². The summed E-state index contributed by atoms with van der Waals surface area (Å²) in [4.78, 5) is 0. The van der Waals surface area contributed by atoms with Gasteiger partial charge in [-0.2, -0.15) is 0 Å². The Hall–Kier alpha value is -1.22. The maximum atomic E-state index is 5.61. The summed E-state index contributed by atoms with van der Waals surface area (Å²) in [6, 6.07) is 6.52. The molecule has 0 saturated carbocycles. The minimum Gasteiger partial charge on any atom is -0.495 e. The van der Waals surface area contributed by atoms with Crippen LogP contribution in [0.3, 0.4) is 0 Å². The molecule has 0 aliphatic carbocycles. The number of ether oxygens (including phenoxy) is 1. The van der Waals surface area contributed by atoms with Crippen LogP contribution in [0.5, 0.6) is 5.75 Å². The minimum atomic E-state index is 0.130. The van der Waals surface area contributed by atoms with E-state index >= 15 is 0 Å². The largest absolute Gasteiger partial charge is 0.495 e. The van der Waals surface area contributed by atoms with Crippen molar-refractivity contribution in [3.05, 3.63) is 23.8 Å². The van der Waals surface area contributed by atoms with Crippen molar-refractivity contribution < 1.29 is 4.74 Å². The number of nitrogens with one attached hydrogen (secondary N) is 1. The highest BCUT2D eigenvalue weighted by molar-refractivity contribution is 5.59. The van der Waals surface area contributed by atoms with Gasteiger partial charge in [0.15, 0.2) is 0 Å². The molecule has 17 heavy (non-hydrogen) atoms. The zero-order valence-electron chi connectivity index (χ0n) is 11.5. The second-order valence-electron chi connectivity index (χ2n) is 5.45. The number of nitrogens with two attached hydrogens (primary N) is 1. The first-order chi connectivity index (χ1) is 7.88. The van der Waals surface area contributed by atoms with Crippen LogP contribution in [0.1, 0.15) is 33.3 Å². The standard InChI is InChI=1S/C14H24N2O/c1-10(9-15)16-12-7-6-11(14(2,3)4)8-13(12)17-5/h6-8,10,16H,9,15H2,1-5H3/t10-/m0/s1. The second-order valence-corrected chi connectivity index (χ2v) is 5.45. The molecule has 0 heterocycles. The molecule has 3 N–H and O–H groups in total. The first-order valence-electron chi connectivity index (χ1n) is 6.03. The van der Waals surface area contributed by atoms with Gasteiger partial charge < -0.3 is 15.8 Å². The van der Waals surface area contributed by atoms with E-state index in [-0.39, 0.29) is 11.5 Å². The number of hydrogen-bond acceptors (Lipinski definition) is 3. The average molecular weight is 236 g/mol. The Morgan fingerprint density at radius 3 is 2.47 bits per heavy atom. The average Bonchev–Trinajstić information content (AvgIpc) is 2.27. The van der Waals surface area contributed by atoms with Crippen molar-refractivity contribution in [3.8, 4) is 5.75 Å². The van der Waals surface area contributed by atoms with Gasteiger partial charge in [-0.05, 0) is 30.0 Å². The fourth-order valence-corrected chi connectivity index (χ4v) is 1.60. The summed E-state index contributed by atoms with van der Waals surface area (Å²) in [5.74, 6) is 0.873. The van der Waals surface area contributed by atoms with Gasteiger partial charge in [0, 0.05) is 12.6 Å². The third-order valence-corrected chi connectivity index (χ3v) is 2.82. The van der Waals surface area contributed by atoms with Crippen molar-refractivity contribution in [2.24, 2.45) is 5.73 Å². The summed E-state index contributed by atoms with van der Waals surface area (Å²) in [5.41, 5.74) is 8.00. The molecular weight excluding hydrogens is 212 g/mol. The van der Waals surface area contributed by atoms with E-state index in [1.165, 1.54) is 5.56 Å². The molecule has 0 aromatic heterocycles. The molecule has 0 unspecified atom stereocenters. The number of methoxy groups -OCH3 is 1. The Morgan fingerprint density at radius 2 is 2.00 bits per heavy atom. The molecular formula is C14H24N2O. The first-order valence-corrected chi connectivity index (χ1v) is 6.03. The molecule has 1 rings (SSSR count). The maximum Gasteiger partial charge on any atom is 0.142 e. The monoisotopic (exact) mass is 236 g/mol. The number of hydrogen-bond donors (Lipinski definition) is 2. The molecule has 96 valence electrons. The Kier molecular flexibility index (Phi) is 4.40. The zero-order chi connectivity index (χ0) is 13.1. The lowest BCUT2D eigenvalue weighted by atomic mass is 9.87. The number of anilines is 1. The maximum absolute atomic E-state index is 5.61. The van der Waals surface area contributed by atoms with E-state index in [0.717, 1.165) is 11.4 Å². The lowest BCUT2D eigenvalue weighted by Gasteiger charge is -2.22. The molecule has 1 aromatic rings. The van der Waals surface area contributed by atoms with Crippen molar-refractivity contribution in [3.63, 3.8) is 0 Å². The highest BCUT2D eigenvalue weighted by Gasteiger charge is 2.16. The van der Waals surface area contributed by atoms with Crippen LogP contribution < -0.4 is 15.8 Å². The van der Waals surface area contributed by atoms with Crippen LogP contribution in [0.2, 0.25) is 0 Å². The first kappa shape index (κ1) is 13.8. The van der Waals surface area contributed by atoms with E-state index < -0.39 is 0 Å². The van der Waals surface area contributed by atoms with Crippen LogP contribution in [0, 0.1) is 0 Å². The highest BCUT2D eigenvalue weighted by Crippen LogP contribution is 2.31. The van der Waals surface area contributed by atoms with Gasteiger partial charge in [0.1, 0.15) is 5.75 Å². The molecule has 0 radical (unpaired) electrons. The molecule has 0 aliphatic rings. The van der Waals surface area contributed by atoms with Gasteiger partial charge in [0.25, 0.3) is 0 Å². The van der Waals surface area contributed by atoms with E-state index in [1.807, 2.05) is 0 Å². The molecule has 0 saturated heterocycles. The smallest absolute Gasteiger partial charge is 0.142 e.